The highest BCUT2D eigenvalue weighted by atomic mass is 16.6. The maximum absolute atomic E-state index is 12.5. The van der Waals surface area contributed by atoms with Crippen LogP contribution in [0.2, 0.25) is 0 Å². The molecule has 3 aromatic rings. The Morgan fingerprint density at radius 3 is 2.63 bits per heavy atom. The Morgan fingerprint density at radius 2 is 2.00 bits per heavy atom. The molecular formula is C20H20N6O4. The Balaban J connectivity index is 1.65. The number of aromatic nitrogens is 3. The number of carbonyl (C=O) groups is 2. The number of pyridine rings is 1. The van der Waals surface area contributed by atoms with Gasteiger partial charge in [-0.3, -0.25) is 19.7 Å². The molecule has 0 unspecified atom stereocenters. The summed E-state index contributed by atoms with van der Waals surface area (Å²) < 4.78 is 1.54. The van der Waals surface area contributed by atoms with E-state index in [9.17, 15) is 19.7 Å². The molecule has 3 rings (SSSR count). The maximum Gasteiger partial charge on any atom is 0.293 e. The molecule has 154 valence electrons. The molecule has 0 aliphatic heterocycles. The van der Waals surface area contributed by atoms with E-state index in [-0.39, 0.29) is 41.6 Å². The smallest absolute Gasteiger partial charge is 0.293 e. The molecule has 2 aromatic heterocycles. The van der Waals surface area contributed by atoms with Crippen molar-refractivity contribution < 1.29 is 14.5 Å². The van der Waals surface area contributed by atoms with Crippen LogP contribution in [-0.4, -0.2) is 37.7 Å². The van der Waals surface area contributed by atoms with Crippen molar-refractivity contribution in [2.45, 2.75) is 13.3 Å². The van der Waals surface area contributed by atoms with Crippen LogP contribution in [0.4, 0.5) is 17.2 Å². The van der Waals surface area contributed by atoms with E-state index in [2.05, 4.69) is 20.6 Å². The number of nitro groups is 1. The molecule has 10 heteroatoms. The molecule has 0 radical (unpaired) electrons. The highest BCUT2D eigenvalue weighted by Gasteiger charge is 2.20. The number of benzene rings is 1. The van der Waals surface area contributed by atoms with Crippen molar-refractivity contribution in [1.82, 2.24) is 14.5 Å². The average Bonchev–Trinajstić information content (AvgIpc) is 3.15. The van der Waals surface area contributed by atoms with Crippen LogP contribution in [0, 0.1) is 17.0 Å². The molecule has 1 aromatic carbocycles. The number of ketones is 1. The van der Waals surface area contributed by atoms with E-state index < -0.39 is 10.7 Å². The zero-order valence-corrected chi connectivity index (χ0v) is 16.5. The Labute approximate surface area is 172 Å². The summed E-state index contributed by atoms with van der Waals surface area (Å²) in [7, 11) is 1.67. The number of rotatable bonds is 8. The van der Waals surface area contributed by atoms with E-state index >= 15 is 0 Å². The van der Waals surface area contributed by atoms with E-state index in [0.29, 0.717) is 5.82 Å². The molecule has 1 amide bonds. The largest absolute Gasteiger partial charge is 0.379 e. The van der Waals surface area contributed by atoms with Crippen molar-refractivity contribution in [2.24, 2.45) is 7.05 Å². The first-order chi connectivity index (χ1) is 14.3. The molecular weight excluding hydrogens is 388 g/mol. The summed E-state index contributed by atoms with van der Waals surface area (Å²) in [5, 5.41) is 17.0. The van der Waals surface area contributed by atoms with Crippen LogP contribution in [-0.2, 0) is 11.8 Å². The monoisotopic (exact) mass is 408 g/mol. The summed E-state index contributed by atoms with van der Waals surface area (Å²) in [5.41, 5.74) is 1.10. The van der Waals surface area contributed by atoms with Crippen LogP contribution in [0.5, 0.6) is 0 Å². The number of hydrogen-bond donors (Lipinski definition) is 2. The topological polar surface area (TPSA) is 132 Å². The SMILES string of the molecule is Cc1ccc(NC(=O)CCNc2ccc(C(=O)c3nccn3C)cc2[N+](=O)[O-])nc1. The third-order valence-electron chi connectivity index (χ3n) is 4.33. The number of amides is 1. The zero-order chi connectivity index (χ0) is 21.7. The first-order valence-electron chi connectivity index (χ1n) is 9.12. The highest BCUT2D eigenvalue weighted by molar-refractivity contribution is 6.07. The zero-order valence-electron chi connectivity index (χ0n) is 16.5. The Morgan fingerprint density at radius 1 is 1.20 bits per heavy atom. The number of nitrogens with zero attached hydrogens (tertiary/aromatic N) is 4. The molecule has 0 saturated heterocycles. The quantitative estimate of drug-likeness (QED) is 0.333. The van der Waals surface area contributed by atoms with Crippen molar-refractivity contribution in [3.8, 4) is 0 Å². The number of carbonyl (C=O) groups excluding carboxylic acids is 2. The van der Waals surface area contributed by atoms with Gasteiger partial charge in [0.1, 0.15) is 11.5 Å². The van der Waals surface area contributed by atoms with Crippen LogP contribution < -0.4 is 10.6 Å². The third-order valence-corrected chi connectivity index (χ3v) is 4.33. The van der Waals surface area contributed by atoms with Gasteiger partial charge >= 0.3 is 0 Å². The Kier molecular flexibility index (Phi) is 6.16. The maximum atomic E-state index is 12.5. The van der Waals surface area contributed by atoms with Crippen LogP contribution in [0.1, 0.15) is 28.2 Å². The van der Waals surface area contributed by atoms with Gasteiger partial charge in [-0.15, -0.1) is 0 Å². The minimum absolute atomic E-state index is 0.0840. The number of hydrogen-bond acceptors (Lipinski definition) is 7. The van der Waals surface area contributed by atoms with Crippen LogP contribution in [0.3, 0.4) is 0 Å². The molecule has 0 bridgehead atoms. The normalized spacial score (nSPS) is 10.5. The van der Waals surface area contributed by atoms with Crippen molar-refractivity contribution in [3.05, 3.63) is 76.0 Å². The minimum atomic E-state index is -0.576. The second-order valence-corrected chi connectivity index (χ2v) is 6.63. The number of aryl methyl sites for hydroxylation is 2. The standard InChI is InChI=1S/C20H20N6O4/c1-13-3-6-17(23-12-13)24-18(27)7-8-21-15-5-4-14(11-16(15)26(29)30)19(28)20-22-9-10-25(20)2/h3-6,9-12,21H,7-8H2,1-2H3,(H,23,24,27). The van der Waals surface area contributed by atoms with Gasteiger partial charge in [-0.05, 0) is 30.7 Å². The second kappa shape index (κ2) is 8.95. The lowest BCUT2D eigenvalue weighted by Gasteiger charge is -2.09. The molecule has 0 aliphatic carbocycles. The summed E-state index contributed by atoms with van der Waals surface area (Å²) in [4.78, 5) is 43.5. The summed E-state index contributed by atoms with van der Waals surface area (Å²) >= 11 is 0. The van der Waals surface area contributed by atoms with Crippen molar-refractivity contribution >= 4 is 28.9 Å². The lowest BCUT2D eigenvalue weighted by atomic mass is 10.1. The van der Waals surface area contributed by atoms with Gasteiger partial charge in [-0.25, -0.2) is 9.97 Å². The molecule has 30 heavy (non-hydrogen) atoms. The Bertz CT molecular complexity index is 1090. The molecule has 0 aliphatic rings. The second-order valence-electron chi connectivity index (χ2n) is 6.63. The molecule has 10 nitrogen and oxygen atoms in total. The van der Waals surface area contributed by atoms with Gasteiger partial charge in [0, 0.05) is 50.2 Å². The Hall–Kier alpha value is -4.08. The van der Waals surface area contributed by atoms with Gasteiger partial charge in [0.15, 0.2) is 5.82 Å². The van der Waals surface area contributed by atoms with Gasteiger partial charge in [0.2, 0.25) is 11.7 Å². The van der Waals surface area contributed by atoms with Crippen LogP contribution >= 0.6 is 0 Å². The molecule has 0 fully saturated rings. The van der Waals surface area contributed by atoms with E-state index in [0.717, 1.165) is 5.56 Å². The summed E-state index contributed by atoms with van der Waals surface area (Å²) in [6.07, 6.45) is 4.83. The van der Waals surface area contributed by atoms with Gasteiger partial charge in [-0.1, -0.05) is 6.07 Å². The molecule has 0 atom stereocenters. The van der Waals surface area contributed by atoms with Gasteiger partial charge in [0.25, 0.3) is 5.69 Å². The van der Waals surface area contributed by atoms with E-state index in [1.165, 1.54) is 24.4 Å². The van der Waals surface area contributed by atoms with Gasteiger partial charge < -0.3 is 15.2 Å². The fraction of sp³-hybridized carbons (Fsp3) is 0.200. The molecule has 2 heterocycles. The lowest BCUT2D eigenvalue weighted by molar-refractivity contribution is -0.384. The van der Waals surface area contributed by atoms with E-state index in [1.54, 1.807) is 30.1 Å². The van der Waals surface area contributed by atoms with Gasteiger partial charge in [-0.2, -0.15) is 0 Å². The van der Waals surface area contributed by atoms with E-state index in [4.69, 9.17) is 0 Å². The van der Waals surface area contributed by atoms with Crippen molar-refractivity contribution in [3.63, 3.8) is 0 Å². The predicted octanol–water partition coefficient (Wildman–Crippen LogP) is 2.70. The van der Waals surface area contributed by atoms with Crippen LogP contribution in [0.25, 0.3) is 0 Å². The molecule has 2 N–H and O–H groups in total. The van der Waals surface area contributed by atoms with Crippen LogP contribution in [0.15, 0.2) is 48.9 Å². The summed E-state index contributed by atoms with van der Waals surface area (Å²) in [6.45, 7) is 2.07. The number of nitro benzene ring substituents is 1. The first kappa shape index (κ1) is 20.6. The average molecular weight is 408 g/mol. The summed E-state index contributed by atoms with van der Waals surface area (Å²) in [6, 6.07) is 7.67. The predicted molar refractivity (Wildman–Crippen MR) is 110 cm³/mol. The number of anilines is 2. The first-order valence-corrected chi connectivity index (χ1v) is 9.12. The molecule has 0 saturated carbocycles. The number of imidazole rings is 1. The third kappa shape index (κ3) is 4.85. The lowest BCUT2D eigenvalue weighted by Crippen LogP contribution is -2.17. The number of nitrogens with one attached hydrogen (secondary N) is 2. The minimum Gasteiger partial charge on any atom is -0.379 e. The molecule has 0 spiro atoms. The van der Waals surface area contributed by atoms with Crippen molar-refractivity contribution in [1.29, 1.82) is 0 Å². The fourth-order valence-electron chi connectivity index (χ4n) is 2.74. The van der Waals surface area contributed by atoms with E-state index in [1.807, 2.05) is 13.0 Å². The fourth-order valence-corrected chi connectivity index (χ4v) is 2.74. The summed E-state index contributed by atoms with van der Waals surface area (Å²) in [5.74, 6) is -0.0645. The van der Waals surface area contributed by atoms with Crippen molar-refractivity contribution in [2.75, 3.05) is 17.2 Å². The highest BCUT2D eigenvalue weighted by Crippen LogP contribution is 2.26. The van der Waals surface area contributed by atoms with Gasteiger partial charge in [0.05, 0.1) is 4.92 Å².